The van der Waals surface area contributed by atoms with E-state index in [4.69, 9.17) is 4.11 Å². The van der Waals surface area contributed by atoms with Crippen LogP contribution in [0.1, 0.15) is 40.2 Å². The molecule has 9 nitrogen and oxygen atoms in total. The topological polar surface area (TPSA) is 110 Å². The number of pyridine rings is 2. The number of aromatic nitrogens is 3. The molecule has 12 heteroatoms. The van der Waals surface area contributed by atoms with Crippen molar-refractivity contribution in [2.45, 2.75) is 44.9 Å². The number of halogens is 3. The molecule has 0 bridgehead atoms. The highest BCUT2D eigenvalue weighted by Gasteiger charge is 2.31. The van der Waals surface area contributed by atoms with Crippen LogP contribution in [0.25, 0.3) is 10.9 Å². The summed E-state index contributed by atoms with van der Waals surface area (Å²) in [7, 11) is 0. The van der Waals surface area contributed by atoms with Gasteiger partial charge in [-0.05, 0) is 37.7 Å². The van der Waals surface area contributed by atoms with Gasteiger partial charge in [0.15, 0.2) is 0 Å². The van der Waals surface area contributed by atoms with Crippen LogP contribution in [0.2, 0.25) is 0 Å². The Bertz CT molecular complexity index is 1510. The van der Waals surface area contributed by atoms with Gasteiger partial charge in [0.1, 0.15) is 12.4 Å². The van der Waals surface area contributed by atoms with Crippen LogP contribution in [0.15, 0.2) is 35.5 Å². The van der Waals surface area contributed by atoms with Crippen molar-refractivity contribution in [1.29, 1.82) is 0 Å². The maximum Gasteiger partial charge on any atom is 0.406 e. The fraction of sp³-hybridized carbons (Fsp3) is 0.417. The number of hydrogen-bond acceptors (Lipinski definition) is 5. The van der Waals surface area contributed by atoms with Crippen LogP contribution in [-0.4, -0.2) is 39.1 Å². The Balaban J connectivity index is 1.59. The molecular weight excluding hydrogens is 477 g/mol. The third-order valence-corrected chi connectivity index (χ3v) is 6.24. The van der Waals surface area contributed by atoms with Gasteiger partial charge < -0.3 is 25.1 Å². The maximum absolute atomic E-state index is 13.2. The van der Waals surface area contributed by atoms with Crippen molar-refractivity contribution >= 4 is 39.9 Å². The zero-order valence-electron chi connectivity index (χ0n) is 22.0. The summed E-state index contributed by atoms with van der Waals surface area (Å²) in [5.41, 5.74) is -0.538. The number of carbonyl (C=O) groups is 2. The van der Waals surface area contributed by atoms with Gasteiger partial charge in [0, 0.05) is 48.2 Å². The average Bonchev–Trinajstić information content (AvgIpc) is 3.73. The van der Waals surface area contributed by atoms with Gasteiger partial charge in [-0.25, -0.2) is 4.98 Å². The van der Waals surface area contributed by atoms with Crippen LogP contribution < -0.4 is 21.5 Å². The summed E-state index contributed by atoms with van der Waals surface area (Å²) >= 11 is 0. The normalized spacial score (nSPS) is 17.2. The Morgan fingerprint density at radius 3 is 2.64 bits per heavy atom. The molecule has 0 aromatic carbocycles. The van der Waals surface area contributed by atoms with Crippen LogP contribution in [-0.2, 0) is 17.9 Å². The highest BCUT2D eigenvalue weighted by atomic mass is 19.4. The van der Waals surface area contributed by atoms with Crippen LogP contribution in [0.4, 0.5) is 30.4 Å². The monoisotopic (exact) mass is 505 g/mol. The number of rotatable bonds is 8. The zero-order chi connectivity index (χ0) is 28.1. The van der Waals surface area contributed by atoms with E-state index in [9.17, 15) is 27.6 Å². The van der Waals surface area contributed by atoms with Crippen molar-refractivity contribution in [3.05, 3.63) is 46.6 Å². The van der Waals surface area contributed by atoms with Gasteiger partial charge in [-0.3, -0.25) is 14.4 Å². The lowest BCUT2D eigenvalue weighted by Crippen LogP contribution is -2.27. The summed E-state index contributed by atoms with van der Waals surface area (Å²) in [5.74, 6) is -0.951. The summed E-state index contributed by atoms with van der Waals surface area (Å²) in [6.07, 6.45) is 2.58. The molecule has 2 saturated carbocycles. The lowest BCUT2D eigenvalue weighted by molar-refractivity contribution is -0.141. The molecule has 3 aromatic heterocycles. The lowest BCUT2D eigenvalue weighted by atomic mass is 10.2. The molecule has 2 aliphatic rings. The standard InChI is InChI=1S/C24H25F3N6O3/c1-28-22(35)15-9-29-19(31-21(34)14-4-5-14)8-16(15)30-17-11-33(10-13-2-3-13)18-6-7-32(12-24(25,26)27)23(36)20(17)18/h6-9,11,13-14H,2-5,10,12H2,1H3,(H,28,35)(H2,29,30,31,34)/i1D3. The molecule has 3 aromatic rings. The van der Waals surface area contributed by atoms with Gasteiger partial charge in [0.2, 0.25) is 5.91 Å². The minimum Gasteiger partial charge on any atom is -0.355 e. The van der Waals surface area contributed by atoms with E-state index < -0.39 is 31.2 Å². The number of hydrogen-bond donors (Lipinski definition) is 3. The largest absolute Gasteiger partial charge is 0.406 e. The van der Waals surface area contributed by atoms with Gasteiger partial charge in [-0.1, -0.05) is 0 Å². The summed E-state index contributed by atoms with van der Waals surface area (Å²) in [5, 5.41) is 7.42. The predicted molar refractivity (Wildman–Crippen MR) is 127 cm³/mol. The van der Waals surface area contributed by atoms with E-state index >= 15 is 0 Å². The fourth-order valence-electron chi connectivity index (χ4n) is 4.08. The molecule has 3 heterocycles. The number of anilines is 3. The highest BCUT2D eigenvalue weighted by Crippen LogP contribution is 2.35. The van der Waals surface area contributed by atoms with Crippen LogP contribution in [0.3, 0.4) is 0 Å². The predicted octanol–water partition coefficient (Wildman–Crippen LogP) is 3.62. The molecule has 2 fully saturated rings. The molecule has 190 valence electrons. The zero-order valence-corrected chi connectivity index (χ0v) is 19.0. The number of nitrogens with one attached hydrogen (secondary N) is 3. The van der Waals surface area contributed by atoms with Crippen molar-refractivity contribution in [1.82, 2.24) is 19.4 Å². The van der Waals surface area contributed by atoms with Gasteiger partial charge in [0.05, 0.1) is 27.8 Å². The Morgan fingerprint density at radius 1 is 1.19 bits per heavy atom. The van der Waals surface area contributed by atoms with Crippen molar-refractivity contribution < 1.29 is 26.9 Å². The molecule has 0 aliphatic heterocycles. The molecule has 0 unspecified atom stereocenters. The molecule has 0 spiro atoms. The first-order valence-electron chi connectivity index (χ1n) is 13.0. The summed E-state index contributed by atoms with van der Waals surface area (Å²) in [4.78, 5) is 42.3. The van der Waals surface area contributed by atoms with E-state index in [0.29, 0.717) is 22.5 Å². The molecule has 0 saturated heterocycles. The Morgan fingerprint density at radius 2 is 1.97 bits per heavy atom. The lowest BCUT2D eigenvalue weighted by Gasteiger charge is -2.13. The van der Waals surface area contributed by atoms with Gasteiger partial charge in [0.25, 0.3) is 11.5 Å². The van der Waals surface area contributed by atoms with Gasteiger partial charge in [-0.2, -0.15) is 13.2 Å². The maximum atomic E-state index is 13.2. The van der Waals surface area contributed by atoms with E-state index in [1.165, 1.54) is 12.1 Å². The molecule has 0 radical (unpaired) electrons. The van der Waals surface area contributed by atoms with E-state index in [2.05, 4.69) is 15.6 Å². The Labute approximate surface area is 207 Å². The van der Waals surface area contributed by atoms with Crippen molar-refractivity contribution in [3.63, 3.8) is 0 Å². The second kappa shape index (κ2) is 8.99. The third-order valence-electron chi connectivity index (χ3n) is 6.24. The highest BCUT2D eigenvalue weighted by molar-refractivity contribution is 6.03. The average molecular weight is 506 g/mol. The SMILES string of the molecule is [2H]C([2H])([2H])NC(=O)c1cnc(NC(=O)C2CC2)cc1Nc1cn(CC2CC2)c2ccn(CC(F)(F)F)c(=O)c12. The third kappa shape index (κ3) is 5.07. The van der Waals surface area contributed by atoms with Crippen LogP contribution in [0, 0.1) is 11.8 Å². The van der Waals surface area contributed by atoms with Crippen molar-refractivity contribution in [2.24, 2.45) is 11.8 Å². The quantitative estimate of drug-likeness (QED) is 0.433. The van der Waals surface area contributed by atoms with Crippen LogP contribution >= 0.6 is 0 Å². The molecular formula is C24H25F3N6O3. The minimum absolute atomic E-state index is 0.00828. The molecule has 2 aliphatic carbocycles. The number of carbonyl (C=O) groups excluding carboxylic acids is 2. The van der Waals surface area contributed by atoms with Gasteiger partial charge >= 0.3 is 6.18 Å². The minimum atomic E-state index is -4.62. The van der Waals surface area contributed by atoms with Gasteiger partial charge in [-0.15, -0.1) is 0 Å². The Kier molecular flexibility index (Phi) is 5.09. The van der Waals surface area contributed by atoms with E-state index in [0.717, 1.165) is 38.1 Å². The molecule has 2 amide bonds. The number of amides is 2. The first kappa shape index (κ1) is 20.4. The summed E-state index contributed by atoms with van der Waals surface area (Å²) < 4.78 is 63.8. The smallest absolute Gasteiger partial charge is 0.355 e. The van der Waals surface area contributed by atoms with Crippen molar-refractivity contribution in [3.8, 4) is 0 Å². The second-order valence-corrected chi connectivity index (χ2v) is 9.22. The van der Waals surface area contributed by atoms with Crippen LogP contribution in [0.5, 0.6) is 0 Å². The molecule has 0 atom stereocenters. The van der Waals surface area contributed by atoms with E-state index in [-0.39, 0.29) is 40.0 Å². The first-order chi connectivity index (χ1) is 18.3. The molecule has 5 rings (SSSR count). The molecule has 3 N–H and O–H groups in total. The van der Waals surface area contributed by atoms with Crippen molar-refractivity contribution in [2.75, 3.05) is 17.6 Å². The number of fused-ring (bicyclic) bond motifs is 1. The second-order valence-electron chi connectivity index (χ2n) is 9.22. The summed E-state index contributed by atoms with van der Waals surface area (Å²) in [6, 6.07) is 2.75. The number of alkyl halides is 3. The first-order valence-corrected chi connectivity index (χ1v) is 11.5. The Hall–Kier alpha value is -3.83. The molecule has 36 heavy (non-hydrogen) atoms. The van der Waals surface area contributed by atoms with E-state index in [1.807, 2.05) is 5.32 Å². The summed E-state index contributed by atoms with van der Waals surface area (Å²) in [6.45, 7) is -3.74. The number of nitrogens with zero attached hydrogens (tertiary/aromatic N) is 3. The fourth-order valence-corrected chi connectivity index (χ4v) is 4.08. The van der Waals surface area contributed by atoms with E-state index in [1.54, 1.807) is 10.8 Å².